The Kier molecular flexibility index (Phi) is 6.43. The van der Waals surface area contributed by atoms with Crippen molar-refractivity contribution >= 4 is 62.5 Å². The molecule has 144 valence electrons. The van der Waals surface area contributed by atoms with Crippen LogP contribution in [-0.4, -0.2) is 33.7 Å². The molecule has 6 nitrogen and oxygen atoms in total. The predicted octanol–water partition coefficient (Wildman–Crippen LogP) is 4.80. The summed E-state index contributed by atoms with van der Waals surface area (Å²) in [7, 11) is 0. The molecule has 0 atom stereocenters. The number of hydrogen-bond acceptors (Lipinski definition) is 5. The number of halogens is 2. The van der Waals surface area contributed by atoms with Crippen LogP contribution in [0.5, 0.6) is 5.75 Å². The monoisotopic (exact) mass is 481 g/mol. The predicted molar refractivity (Wildman–Crippen MR) is 110 cm³/mol. The third-order valence-corrected chi connectivity index (χ3v) is 5.66. The fourth-order valence-corrected chi connectivity index (χ4v) is 3.96. The fourth-order valence-electron chi connectivity index (χ4n) is 2.42. The molecule has 1 aliphatic rings. The van der Waals surface area contributed by atoms with Crippen LogP contribution in [-0.2, 0) is 16.2 Å². The van der Waals surface area contributed by atoms with E-state index in [9.17, 15) is 14.4 Å². The molecule has 0 saturated carbocycles. The van der Waals surface area contributed by atoms with Crippen LogP contribution in [0.3, 0.4) is 0 Å². The highest BCUT2D eigenvalue weighted by Crippen LogP contribution is 2.34. The summed E-state index contributed by atoms with van der Waals surface area (Å²) in [5.74, 6) is -1.27. The van der Waals surface area contributed by atoms with Crippen molar-refractivity contribution in [3.05, 3.63) is 68.0 Å². The number of aliphatic carboxylic acids is 1. The summed E-state index contributed by atoms with van der Waals surface area (Å²) in [5, 5.41) is 8.82. The van der Waals surface area contributed by atoms with E-state index in [2.05, 4.69) is 15.9 Å². The zero-order chi connectivity index (χ0) is 20.3. The number of benzene rings is 2. The Morgan fingerprint density at radius 2 is 2.00 bits per heavy atom. The van der Waals surface area contributed by atoms with Gasteiger partial charge in [-0.2, -0.15) is 0 Å². The minimum Gasteiger partial charge on any atom is -0.488 e. The highest BCUT2D eigenvalue weighted by molar-refractivity contribution is 9.10. The van der Waals surface area contributed by atoms with E-state index in [0.717, 1.165) is 5.56 Å². The second kappa shape index (κ2) is 8.81. The van der Waals surface area contributed by atoms with Gasteiger partial charge in [-0.15, -0.1) is 0 Å². The molecule has 0 aliphatic carbocycles. The molecule has 1 heterocycles. The van der Waals surface area contributed by atoms with Crippen LogP contribution in [0, 0.1) is 0 Å². The SMILES string of the molecule is O=C(O)CN1C(=O)S/C(=C/c2ccc(OCc3ccccc3Cl)c(Br)c2)C1=O. The Labute approximate surface area is 178 Å². The largest absolute Gasteiger partial charge is 0.488 e. The summed E-state index contributed by atoms with van der Waals surface area (Å²) in [4.78, 5) is 35.7. The van der Waals surface area contributed by atoms with Gasteiger partial charge in [0.2, 0.25) is 0 Å². The number of imide groups is 1. The number of nitrogens with zero attached hydrogens (tertiary/aromatic N) is 1. The molecule has 1 fully saturated rings. The van der Waals surface area contributed by atoms with E-state index in [1.54, 1.807) is 24.3 Å². The van der Waals surface area contributed by atoms with Crippen LogP contribution in [0.25, 0.3) is 6.08 Å². The highest BCUT2D eigenvalue weighted by atomic mass is 79.9. The first-order chi connectivity index (χ1) is 13.3. The summed E-state index contributed by atoms with van der Waals surface area (Å²) in [5.41, 5.74) is 1.52. The van der Waals surface area contributed by atoms with E-state index < -0.39 is 23.7 Å². The topological polar surface area (TPSA) is 83.9 Å². The van der Waals surface area contributed by atoms with Crippen molar-refractivity contribution < 1.29 is 24.2 Å². The summed E-state index contributed by atoms with van der Waals surface area (Å²) in [6.45, 7) is -0.355. The van der Waals surface area contributed by atoms with Gasteiger partial charge in [-0.1, -0.05) is 35.9 Å². The van der Waals surface area contributed by atoms with Gasteiger partial charge in [-0.3, -0.25) is 19.3 Å². The van der Waals surface area contributed by atoms with E-state index in [0.29, 0.717) is 44.1 Å². The van der Waals surface area contributed by atoms with Crippen molar-refractivity contribution in [2.45, 2.75) is 6.61 Å². The van der Waals surface area contributed by atoms with Crippen LogP contribution in [0.15, 0.2) is 51.8 Å². The molecule has 0 bridgehead atoms. The van der Waals surface area contributed by atoms with Crippen molar-refractivity contribution in [1.82, 2.24) is 4.90 Å². The van der Waals surface area contributed by atoms with Gasteiger partial charge in [-0.05, 0) is 57.5 Å². The van der Waals surface area contributed by atoms with Crippen LogP contribution in [0.4, 0.5) is 4.79 Å². The molecule has 2 aromatic carbocycles. The smallest absolute Gasteiger partial charge is 0.323 e. The molecule has 9 heteroatoms. The second-order valence-corrected chi connectivity index (χ2v) is 7.99. The van der Waals surface area contributed by atoms with Gasteiger partial charge in [0.15, 0.2) is 0 Å². The van der Waals surface area contributed by atoms with Gasteiger partial charge in [0.1, 0.15) is 18.9 Å². The number of ether oxygens (including phenoxy) is 1. The van der Waals surface area contributed by atoms with E-state index in [4.69, 9.17) is 21.4 Å². The maximum Gasteiger partial charge on any atom is 0.323 e. The molecular weight excluding hydrogens is 470 g/mol. The van der Waals surface area contributed by atoms with E-state index in [1.807, 2.05) is 18.2 Å². The number of carbonyl (C=O) groups is 3. The Balaban J connectivity index is 1.73. The van der Waals surface area contributed by atoms with Gasteiger partial charge in [0.25, 0.3) is 11.1 Å². The molecule has 1 aliphatic heterocycles. The van der Waals surface area contributed by atoms with Gasteiger partial charge < -0.3 is 9.84 Å². The minimum atomic E-state index is -1.24. The summed E-state index contributed by atoms with van der Waals surface area (Å²) < 4.78 is 6.44. The number of amides is 2. The van der Waals surface area contributed by atoms with Crippen molar-refractivity contribution in [2.24, 2.45) is 0 Å². The van der Waals surface area contributed by atoms with Crippen molar-refractivity contribution in [1.29, 1.82) is 0 Å². The second-order valence-electron chi connectivity index (χ2n) is 5.73. The lowest BCUT2D eigenvalue weighted by Gasteiger charge is -2.10. The van der Waals surface area contributed by atoms with Gasteiger partial charge in [0.05, 0.1) is 9.38 Å². The van der Waals surface area contributed by atoms with Gasteiger partial charge in [0, 0.05) is 10.6 Å². The Hall–Kier alpha value is -2.29. The Bertz CT molecular complexity index is 994. The summed E-state index contributed by atoms with van der Waals surface area (Å²) in [6, 6.07) is 12.6. The van der Waals surface area contributed by atoms with E-state index in [1.165, 1.54) is 6.08 Å². The van der Waals surface area contributed by atoms with Crippen molar-refractivity contribution in [2.75, 3.05) is 6.54 Å². The molecule has 2 amide bonds. The standard InChI is InChI=1S/C19H13BrClNO5S/c20-13-7-11(8-16-18(25)22(9-17(23)24)19(26)28-16)5-6-15(13)27-10-12-3-1-2-4-14(12)21/h1-8H,9-10H2,(H,23,24)/b16-8+. The van der Waals surface area contributed by atoms with Crippen LogP contribution in [0.1, 0.15) is 11.1 Å². The fraction of sp³-hybridized carbons (Fsp3) is 0.105. The first kappa shape index (κ1) is 20.4. The lowest BCUT2D eigenvalue weighted by molar-refractivity contribution is -0.140. The average Bonchev–Trinajstić information content (AvgIpc) is 2.89. The number of hydrogen-bond donors (Lipinski definition) is 1. The highest BCUT2D eigenvalue weighted by Gasteiger charge is 2.36. The molecule has 28 heavy (non-hydrogen) atoms. The van der Waals surface area contributed by atoms with Crippen molar-refractivity contribution in [3.63, 3.8) is 0 Å². The Morgan fingerprint density at radius 1 is 1.25 bits per heavy atom. The first-order valence-corrected chi connectivity index (χ1v) is 9.97. The molecule has 2 aromatic rings. The normalized spacial score (nSPS) is 15.4. The first-order valence-electron chi connectivity index (χ1n) is 7.98. The number of carbonyl (C=O) groups excluding carboxylic acids is 2. The third-order valence-electron chi connectivity index (χ3n) is 3.76. The number of carboxylic acids is 1. The number of rotatable bonds is 6. The lowest BCUT2D eigenvalue weighted by Crippen LogP contribution is -2.33. The molecule has 0 aromatic heterocycles. The molecule has 0 spiro atoms. The van der Waals surface area contributed by atoms with Crippen LogP contribution in [0.2, 0.25) is 5.02 Å². The zero-order valence-electron chi connectivity index (χ0n) is 14.2. The van der Waals surface area contributed by atoms with Gasteiger partial charge >= 0.3 is 5.97 Å². The van der Waals surface area contributed by atoms with Gasteiger partial charge in [-0.25, -0.2) is 0 Å². The maximum atomic E-state index is 12.2. The summed E-state index contributed by atoms with van der Waals surface area (Å²) in [6.07, 6.45) is 1.54. The minimum absolute atomic E-state index is 0.169. The number of carboxylic acid groups (broad SMARTS) is 1. The third kappa shape index (κ3) is 4.76. The maximum absolute atomic E-state index is 12.2. The number of thioether (sulfide) groups is 1. The van der Waals surface area contributed by atoms with E-state index in [-0.39, 0.29) is 4.91 Å². The molecular formula is C19H13BrClNO5S. The molecule has 0 unspecified atom stereocenters. The van der Waals surface area contributed by atoms with Crippen molar-refractivity contribution in [3.8, 4) is 5.75 Å². The van der Waals surface area contributed by atoms with Crippen LogP contribution < -0.4 is 4.74 Å². The molecule has 1 saturated heterocycles. The van der Waals surface area contributed by atoms with E-state index >= 15 is 0 Å². The molecule has 1 N–H and O–H groups in total. The average molecular weight is 483 g/mol. The summed E-state index contributed by atoms with van der Waals surface area (Å²) >= 11 is 10.3. The lowest BCUT2D eigenvalue weighted by atomic mass is 10.2. The molecule has 0 radical (unpaired) electrons. The quantitative estimate of drug-likeness (QED) is 0.595. The van der Waals surface area contributed by atoms with Crippen LogP contribution >= 0.6 is 39.3 Å². The molecule has 3 rings (SSSR count). The Morgan fingerprint density at radius 3 is 2.68 bits per heavy atom. The zero-order valence-corrected chi connectivity index (χ0v) is 17.4.